The topological polar surface area (TPSA) is 106 Å². The van der Waals surface area contributed by atoms with Crippen molar-refractivity contribution < 1.29 is 22.5 Å². The molecule has 7 nitrogen and oxygen atoms in total. The number of halogens is 1. The number of nitrogens with one attached hydrogen (secondary N) is 1. The van der Waals surface area contributed by atoms with Gasteiger partial charge in [0, 0.05) is 28.6 Å². The van der Waals surface area contributed by atoms with Gasteiger partial charge in [0.1, 0.15) is 11.1 Å². The number of hydrogen-bond acceptors (Lipinski definition) is 6. The SMILES string of the molecule is Cc1cc(S(=O)(=O)C(CNC(=O)c2ccc([N+](=O)[O-])c(C)c2)c2cccs2)ccc1F. The Hall–Kier alpha value is -3.11. The van der Waals surface area contributed by atoms with Crippen molar-refractivity contribution in [3.05, 3.63) is 91.4 Å². The fourth-order valence-corrected chi connectivity index (χ4v) is 5.95. The molecule has 0 bridgehead atoms. The molecule has 1 atom stereocenters. The minimum absolute atomic E-state index is 0.0368. The van der Waals surface area contributed by atoms with Crippen LogP contribution in [0.15, 0.2) is 58.8 Å². The number of nitro groups is 1. The van der Waals surface area contributed by atoms with Gasteiger partial charge in [0.2, 0.25) is 0 Å². The molecule has 31 heavy (non-hydrogen) atoms. The number of aryl methyl sites for hydroxylation is 2. The maximum Gasteiger partial charge on any atom is 0.272 e. The molecule has 1 unspecified atom stereocenters. The molecule has 10 heteroatoms. The second-order valence-corrected chi connectivity index (χ2v) is 10.0. The van der Waals surface area contributed by atoms with E-state index in [1.165, 1.54) is 55.5 Å². The minimum atomic E-state index is -3.93. The van der Waals surface area contributed by atoms with Crippen LogP contribution in [0, 0.1) is 29.8 Å². The van der Waals surface area contributed by atoms with Gasteiger partial charge in [-0.3, -0.25) is 14.9 Å². The van der Waals surface area contributed by atoms with Gasteiger partial charge in [-0.2, -0.15) is 0 Å². The number of sulfone groups is 1. The minimum Gasteiger partial charge on any atom is -0.350 e. The van der Waals surface area contributed by atoms with Crippen molar-refractivity contribution in [3.8, 4) is 0 Å². The first kappa shape index (κ1) is 22.6. The van der Waals surface area contributed by atoms with Crippen molar-refractivity contribution in [1.29, 1.82) is 0 Å². The molecule has 0 radical (unpaired) electrons. The summed E-state index contributed by atoms with van der Waals surface area (Å²) in [5, 5.41) is 14.2. The predicted molar refractivity (Wildman–Crippen MR) is 116 cm³/mol. The Balaban J connectivity index is 1.87. The van der Waals surface area contributed by atoms with Crippen LogP contribution in [0.3, 0.4) is 0 Å². The predicted octanol–water partition coefficient (Wildman–Crippen LogP) is 4.36. The third kappa shape index (κ3) is 4.80. The lowest BCUT2D eigenvalue weighted by molar-refractivity contribution is -0.385. The van der Waals surface area contributed by atoms with Crippen LogP contribution in [0.5, 0.6) is 0 Å². The van der Waals surface area contributed by atoms with Gasteiger partial charge in [0.05, 0.1) is 9.82 Å². The molecule has 0 aliphatic carbocycles. The zero-order valence-electron chi connectivity index (χ0n) is 16.7. The largest absolute Gasteiger partial charge is 0.350 e. The first-order valence-corrected chi connectivity index (χ1v) is 11.6. The van der Waals surface area contributed by atoms with E-state index in [2.05, 4.69) is 5.32 Å². The van der Waals surface area contributed by atoms with E-state index in [0.29, 0.717) is 10.4 Å². The average molecular weight is 463 g/mol. The van der Waals surface area contributed by atoms with Gasteiger partial charge in [0.25, 0.3) is 11.6 Å². The van der Waals surface area contributed by atoms with Crippen LogP contribution < -0.4 is 5.32 Å². The van der Waals surface area contributed by atoms with Crippen molar-refractivity contribution in [2.45, 2.75) is 24.0 Å². The quantitative estimate of drug-likeness (QED) is 0.319. The number of rotatable bonds is 7. The maximum absolute atomic E-state index is 13.6. The second-order valence-electron chi connectivity index (χ2n) is 6.93. The summed E-state index contributed by atoms with van der Waals surface area (Å²) in [4.78, 5) is 23.5. The third-order valence-electron chi connectivity index (χ3n) is 4.80. The number of amides is 1. The molecule has 1 amide bonds. The number of thiophene rings is 1. The summed E-state index contributed by atoms with van der Waals surface area (Å²) in [6.45, 7) is 2.78. The number of hydrogen-bond donors (Lipinski definition) is 1. The lowest BCUT2D eigenvalue weighted by Crippen LogP contribution is -2.31. The summed E-state index contributed by atoms with van der Waals surface area (Å²) in [5.74, 6) is -1.06. The summed E-state index contributed by atoms with van der Waals surface area (Å²) in [7, 11) is -3.93. The van der Waals surface area contributed by atoms with E-state index >= 15 is 0 Å². The Kier molecular flexibility index (Phi) is 6.51. The van der Waals surface area contributed by atoms with Crippen LogP contribution in [-0.2, 0) is 9.84 Å². The Morgan fingerprint density at radius 1 is 1.16 bits per heavy atom. The fraction of sp³-hybridized carbons (Fsp3) is 0.190. The van der Waals surface area contributed by atoms with Crippen molar-refractivity contribution >= 4 is 32.8 Å². The van der Waals surface area contributed by atoms with Gasteiger partial charge in [-0.05, 0) is 61.2 Å². The molecular formula is C21H19FN2O5S2. The van der Waals surface area contributed by atoms with Gasteiger partial charge >= 0.3 is 0 Å². The number of carbonyl (C=O) groups is 1. The van der Waals surface area contributed by atoms with Crippen molar-refractivity contribution in [2.75, 3.05) is 6.54 Å². The summed E-state index contributed by atoms with van der Waals surface area (Å²) < 4.78 is 40.2. The smallest absolute Gasteiger partial charge is 0.272 e. The zero-order valence-corrected chi connectivity index (χ0v) is 18.3. The van der Waals surface area contributed by atoms with E-state index in [9.17, 15) is 27.7 Å². The molecule has 0 aliphatic rings. The lowest BCUT2D eigenvalue weighted by atomic mass is 10.1. The lowest BCUT2D eigenvalue weighted by Gasteiger charge is -2.18. The highest BCUT2D eigenvalue weighted by atomic mass is 32.2. The van der Waals surface area contributed by atoms with Crippen LogP contribution in [0.1, 0.15) is 31.6 Å². The number of nitrogens with zero attached hydrogens (tertiary/aromatic N) is 1. The molecular weight excluding hydrogens is 443 g/mol. The van der Waals surface area contributed by atoms with E-state index in [4.69, 9.17) is 0 Å². The van der Waals surface area contributed by atoms with Gasteiger partial charge in [-0.25, -0.2) is 12.8 Å². The molecule has 2 aromatic carbocycles. The Morgan fingerprint density at radius 3 is 2.48 bits per heavy atom. The molecule has 0 aliphatic heterocycles. The third-order valence-corrected chi connectivity index (χ3v) is 8.01. The normalized spacial score (nSPS) is 12.4. The Labute approximate surface area is 182 Å². The summed E-state index contributed by atoms with van der Waals surface area (Å²) in [6.07, 6.45) is 0. The number of nitro benzene ring substituents is 1. The van der Waals surface area contributed by atoms with Gasteiger partial charge in [-0.1, -0.05) is 6.07 Å². The zero-order chi connectivity index (χ0) is 22.8. The average Bonchev–Trinajstić information content (AvgIpc) is 3.23. The van der Waals surface area contributed by atoms with Crippen LogP contribution in [-0.4, -0.2) is 25.8 Å². The van der Waals surface area contributed by atoms with Crippen molar-refractivity contribution in [3.63, 3.8) is 0 Å². The van der Waals surface area contributed by atoms with E-state index in [-0.39, 0.29) is 28.3 Å². The monoisotopic (exact) mass is 462 g/mol. The summed E-state index contributed by atoms with van der Waals surface area (Å²) in [5.41, 5.74) is 0.601. The van der Waals surface area contributed by atoms with E-state index in [1.807, 2.05) is 0 Å². The first-order chi connectivity index (χ1) is 14.6. The van der Waals surface area contributed by atoms with Crippen LogP contribution in [0.25, 0.3) is 0 Å². The molecule has 1 aromatic heterocycles. The molecule has 3 aromatic rings. The molecule has 0 saturated carbocycles. The number of benzene rings is 2. The maximum atomic E-state index is 13.6. The summed E-state index contributed by atoms with van der Waals surface area (Å²) in [6, 6.07) is 10.9. The van der Waals surface area contributed by atoms with Gasteiger partial charge < -0.3 is 5.32 Å². The molecule has 1 heterocycles. The molecule has 0 spiro atoms. The highest BCUT2D eigenvalue weighted by Crippen LogP contribution is 2.32. The highest BCUT2D eigenvalue weighted by Gasteiger charge is 2.31. The van der Waals surface area contributed by atoms with Gasteiger partial charge in [-0.15, -0.1) is 11.3 Å². The van der Waals surface area contributed by atoms with Crippen LogP contribution in [0.4, 0.5) is 10.1 Å². The van der Waals surface area contributed by atoms with Crippen LogP contribution in [0.2, 0.25) is 0 Å². The van der Waals surface area contributed by atoms with E-state index in [1.54, 1.807) is 17.5 Å². The highest BCUT2D eigenvalue weighted by molar-refractivity contribution is 7.91. The molecule has 1 N–H and O–H groups in total. The van der Waals surface area contributed by atoms with Crippen LogP contribution >= 0.6 is 11.3 Å². The van der Waals surface area contributed by atoms with Crippen molar-refractivity contribution in [1.82, 2.24) is 5.32 Å². The molecule has 0 saturated heterocycles. The van der Waals surface area contributed by atoms with E-state index in [0.717, 1.165) is 6.07 Å². The fourth-order valence-electron chi connectivity index (χ4n) is 3.09. The molecule has 0 fully saturated rings. The molecule has 162 valence electrons. The molecule has 3 rings (SSSR count). The van der Waals surface area contributed by atoms with Crippen molar-refractivity contribution in [2.24, 2.45) is 0 Å². The Morgan fingerprint density at radius 2 is 1.90 bits per heavy atom. The van der Waals surface area contributed by atoms with E-state index < -0.39 is 31.7 Å². The first-order valence-electron chi connectivity index (χ1n) is 9.18. The standard InChI is InChI=1S/C21H19FN2O5S2/c1-13-11-16(6-7-17(13)22)31(28,29)20(19-4-3-9-30-19)12-23-21(25)15-5-8-18(24(26)27)14(2)10-15/h3-11,20H,12H2,1-2H3,(H,23,25). The number of carbonyl (C=O) groups excluding carboxylic acids is 1. The summed E-state index contributed by atoms with van der Waals surface area (Å²) >= 11 is 1.24. The second kappa shape index (κ2) is 8.94. The Bertz CT molecular complexity index is 1240. The van der Waals surface area contributed by atoms with Gasteiger partial charge in [0.15, 0.2) is 9.84 Å².